The summed E-state index contributed by atoms with van der Waals surface area (Å²) in [7, 11) is 0. The van der Waals surface area contributed by atoms with E-state index in [1.54, 1.807) is 6.92 Å². The fourth-order valence-electron chi connectivity index (χ4n) is 2.62. The van der Waals surface area contributed by atoms with Gasteiger partial charge in [-0.3, -0.25) is 0 Å². The normalized spacial score (nSPS) is 30.9. The van der Waals surface area contributed by atoms with Gasteiger partial charge in [-0.15, -0.1) is 0 Å². The van der Waals surface area contributed by atoms with Crippen molar-refractivity contribution in [3.8, 4) is 0 Å². The molecule has 2 heterocycles. The number of hydrogen-bond acceptors (Lipinski definition) is 4. The third-order valence-electron chi connectivity index (χ3n) is 3.96. The number of rotatable bonds is 3. The molecular formula is C13H22N2O3S2. The molecule has 2 N–H and O–H groups in total. The molecule has 5 nitrogen and oxygen atoms in total. The van der Waals surface area contributed by atoms with Gasteiger partial charge in [0.2, 0.25) is 0 Å². The topological polar surface area (TPSA) is 69.6 Å². The Kier molecular flexibility index (Phi) is 5.49. The molecule has 114 valence electrons. The zero-order valence-electron chi connectivity index (χ0n) is 11.8. The van der Waals surface area contributed by atoms with Crippen LogP contribution in [0, 0.1) is 0 Å². The summed E-state index contributed by atoms with van der Waals surface area (Å²) in [5.74, 6) is 2.45. The molecule has 2 unspecified atom stereocenters. The lowest BCUT2D eigenvalue weighted by Crippen LogP contribution is -2.60. The number of nitrogens with one attached hydrogen (secondary N) is 1. The fraction of sp³-hybridized carbons (Fsp3) is 0.846. The Morgan fingerprint density at radius 1 is 1.40 bits per heavy atom. The van der Waals surface area contributed by atoms with Gasteiger partial charge in [0.05, 0.1) is 0 Å². The number of amides is 2. The number of urea groups is 1. The van der Waals surface area contributed by atoms with Gasteiger partial charge in [0.1, 0.15) is 5.54 Å². The second-order valence-electron chi connectivity index (χ2n) is 5.44. The molecule has 2 saturated heterocycles. The zero-order valence-corrected chi connectivity index (χ0v) is 13.4. The van der Waals surface area contributed by atoms with Crippen molar-refractivity contribution in [2.75, 3.05) is 30.3 Å². The van der Waals surface area contributed by atoms with Gasteiger partial charge < -0.3 is 15.3 Å². The zero-order chi connectivity index (χ0) is 14.6. The highest BCUT2D eigenvalue weighted by molar-refractivity contribution is 8.06. The van der Waals surface area contributed by atoms with Crippen LogP contribution in [0.2, 0.25) is 0 Å². The van der Waals surface area contributed by atoms with Crippen molar-refractivity contribution < 1.29 is 14.7 Å². The van der Waals surface area contributed by atoms with E-state index < -0.39 is 11.5 Å². The van der Waals surface area contributed by atoms with Crippen molar-refractivity contribution in [2.45, 2.75) is 37.0 Å². The van der Waals surface area contributed by atoms with Gasteiger partial charge in [-0.05, 0) is 26.2 Å². The van der Waals surface area contributed by atoms with Crippen LogP contribution in [0.5, 0.6) is 0 Å². The maximum absolute atomic E-state index is 12.3. The lowest BCUT2D eigenvalue weighted by Gasteiger charge is -2.41. The predicted octanol–water partition coefficient (Wildman–Crippen LogP) is 1.87. The highest BCUT2D eigenvalue weighted by atomic mass is 32.2. The molecule has 0 aromatic heterocycles. The number of likely N-dealkylation sites (tertiary alicyclic amines) is 1. The molecule has 2 amide bonds. The van der Waals surface area contributed by atoms with Crippen LogP contribution < -0.4 is 5.32 Å². The van der Waals surface area contributed by atoms with Gasteiger partial charge in [0.25, 0.3) is 0 Å². The summed E-state index contributed by atoms with van der Waals surface area (Å²) in [6, 6.07) is -0.231. The molecule has 0 aromatic carbocycles. The molecule has 20 heavy (non-hydrogen) atoms. The van der Waals surface area contributed by atoms with Gasteiger partial charge in [0, 0.05) is 35.6 Å². The second kappa shape index (κ2) is 6.93. The minimum Gasteiger partial charge on any atom is -0.480 e. The summed E-state index contributed by atoms with van der Waals surface area (Å²) in [5, 5.41) is 12.8. The SMILES string of the molecule is CC1(C(=O)O)CCCCN1C(=O)NCC1CSCCS1. The van der Waals surface area contributed by atoms with Crippen LogP contribution in [0.15, 0.2) is 0 Å². The van der Waals surface area contributed by atoms with Crippen LogP contribution in [-0.2, 0) is 4.79 Å². The second-order valence-corrected chi connectivity index (χ2v) is 8.00. The molecule has 2 rings (SSSR count). The first kappa shape index (κ1) is 15.8. The highest BCUT2D eigenvalue weighted by Crippen LogP contribution is 2.28. The summed E-state index contributed by atoms with van der Waals surface area (Å²) < 4.78 is 0. The van der Waals surface area contributed by atoms with Crippen molar-refractivity contribution in [1.82, 2.24) is 10.2 Å². The van der Waals surface area contributed by atoms with Gasteiger partial charge in [0.15, 0.2) is 0 Å². The molecule has 7 heteroatoms. The Morgan fingerprint density at radius 3 is 2.85 bits per heavy atom. The molecule has 0 spiro atoms. The van der Waals surface area contributed by atoms with Crippen molar-refractivity contribution in [3.05, 3.63) is 0 Å². The standard InChI is InChI=1S/C13H22N2O3S2/c1-13(11(16)17)4-2-3-5-15(13)12(18)14-8-10-9-19-6-7-20-10/h10H,2-9H2,1H3,(H,14,18)(H,16,17). The number of carbonyl (C=O) groups excluding carboxylic acids is 1. The fourth-order valence-corrected chi connectivity index (χ4v) is 5.23. The number of carboxylic acids is 1. The Morgan fingerprint density at radius 2 is 2.20 bits per heavy atom. The number of thioether (sulfide) groups is 2. The predicted molar refractivity (Wildman–Crippen MR) is 83.6 cm³/mol. The number of nitrogens with zero attached hydrogens (tertiary/aromatic N) is 1. The first-order chi connectivity index (χ1) is 9.54. The maximum atomic E-state index is 12.3. The van der Waals surface area contributed by atoms with Crippen molar-refractivity contribution in [1.29, 1.82) is 0 Å². The van der Waals surface area contributed by atoms with Crippen LogP contribution in [0.1, 0.15) is 26.2 Å². The van der Waals surface area contributed by atoms with Gasteiger partial charge >= 0.3 is 12.0 Å². The van der Waals surface area contributed by atoms with E-state index >= 15 is 0 Å². The monoisotopic (exact) mass is 318 g/mol. The van der Waals surface area contributed by atoms with Crippen molar-refractivity contribution in [2.24, 2.45) is 0 Å². The Balaban J connectivity index is 1.90. The van der Waals surface area contributed by atoms with E-state index in [1.165, 1.54) is 10.7 Å². The van der Waals surface area contributed by atoms with Crippen LogP contribution in [0.25, 0.3) is 0 Å². The van der Waals surface area contributed by atoms with E-state index in [0.29, 0.717) is 24.8 Å². The quantitative estimate of drug-likeness (QED) is 0.831. The molecule has 2 atom stereocenters. The summed E-state index contributed by atoms with van der Waals surface area (Å²) in [6.07, 6.45) is 2.27. The summed E-state index contributed by atoms with van der Waals surface area (Å²) >= 11 is 3.80. The average Bonchev–Trinajstić information content (AvgIpc) is 2.46. The molecule has 2 aliphatic rings. The first-order valence-corrected chi connectivity index (χ1v) is 9.22. The van der Waals surface area contributed by atoms with E-state index in [9.17, 15) is 14.7 Å². The lowest BCUT2D eigenvalue weighted by atomic mass is 9.89. The summed E-state index contributed by atoms with van der Waals surface area (Å²) in [6.45, 7) is 2.81. The number of carboxylic acid groups (broad SMARTS) is 1. The Hall–Kier alpha value is -0.560. The molecule has 0 aliphatic carbocycles. The van der Waals surface area contributed by atoms with Crippen LogP contribution in [0.4, 0.5) is 4.79 Å². The molecule has 0 bridgehead atoms. The molecule has 0 radical (unpaired) electrons. The number of carbonyl (C=O) groups is 2. The first-order valence-electron chi connectivity index (χ1n) is 7.02. The van der Waals surface area contributed by atoms with Gasteiger partial charge in [-0.25, -0.2) is 9.59 Å². The van der Waals surface area contributed by atoms with Crippen LogP contribution in [0.3, 0.4) is 0 Å². The molecule has 0 saturated carbocycles. The number of aliphatic carboxylic acids is 1. The molecule has 0 aromatic rings. The molecule has 2 aliphatic heterocycles. The molecular weight excluding hydrogens is 296 g/mol. The third-order valence-corrected chi connectivity index (χ3v) is 6.81. The van der Waals surface area contributed by atoms with E-state index in [2.05, 4.69) is 5.32 Å². The molecule has 2 fully saturated rings. The average molecular weight is 318 g/mol. The van der Waals surface area contributed by atoms with Gasteiger partial charge in [-0.2, -0.15) is 23.5 Å². The van der Waals surface area contributed by atoms with Crippen LogP contribution >= 0.6 is 23.5 Å². The van der Waals surface area contributed by atoms with E-state index in [4.69, 9.17) is 0 Å². The van der Waals surface area contributed by atoms with Gasteiger partial charge in [-0.1, -0.05) is 0 Å². The largest absolute Gasteiger partial charge is 0.480 e. The van der Waals surface area contributed by atoms with E-state index in [0.717, 1.165) is 24.3 Å². The van der Waals surface area contributed by atoms with Crippen molar-refractivity contribution >= 4 is 35.5 Å². The Bertz CT molecular complexity index is 375. The number of piperidine rings is 1. The minimum atomic E-state index is -1.06. The maximum Gasteiger partial charge on any atom is 0.329 e. The highest BCUT2D eigenvalue weighted by Gasteiger charge is 2.43. The Labute approximate surface area is 128 Å². The minimum absolute atomic E-state index is 0.231. The smallest absolute Gasteiger partial charge is 0.329 e. The van der Waals surface area contributed by atoms with E-state index in [1.807, 2.05) is 23.5 Å². The van der Waals surface area contributed by atoms with E-state index in [-0.39, 0.29) is 6.03 Å². The number of hydrogen-bond donors (Lipinski definition) is 2. The lowest BCUT2D eigenvalue weighted by molar-refractivity contribution is -0.150. The summed E-state index contributed by atoms with van der Waals surface area (Å²) in [4.78, 5) is 25.3. The van der Waals surface area contributed by atoms with Crippen molar-refractivity contribution in [3.63, 3.8) is 0 Å². The third kappa shape index (κ3) is 3.55. The summed E-state index contributed by atoms with van der Waals surface area (Å²) in [5.41, 5.74) is -1.06. The van der Waals surface area contributed by atoms with Crippen LogP contribution in [-0.4, -0.2) is 63.1 Å².